The highest BCUT2D eigenvalue weighted by Gasteiger charge is 2.25. The molecule has 0 unspecified atom stereocenters. The van der Waals surface area contributed by atoms with Gasteiger partial charge in [0.1, 0.15) is 0 Å². The summed E-state index contributed by atoms with van der Waals surface area (Å²) in [5, 5.41) is 2.86. The Balaban J connectivity index is 2.80. The molecule has 0 aliphatic rings. The summed E-state index contributed by atoms with van der Waals surface area (Å²) in [5.74, 6) is 0.488. The lowest BCUT2D eigenvalue weighted by Crippen LogP contribution is -2.49. The Morgan fingerprint density at radius 1 is 1.44 bits per heavy atom. The van der Waals surface area contributed by atoms with Crippen LogP contribution in [0, 0.1) is 13.8 Å². The molecule has 0 saturated carbocycles. The third-order valence-corrected chi connectivity index (χ3v) is 4.73. The molecule has 5 heteroatoms. The summed E-state index contributed by atoms with van der Waals surface area (Å²) in [4.78, 5) is 13.8. The highest BCUT2D eigenvalue weighted by molar-refractivity contribution is 7.14. The van der Waals surface area contributed by atoms with E-state index in [1.807, 2.05) is 26.8 Å². The number of carbonyl (C=O) groups is 1. The van der Waals surface area contributed by atoms with Crippen molar-refractivity contribution < 1.29 is 4.79 Å². The third-order valence-electron chi connectivity index (χ3n) is 2.39. The first-order chi connectivity index (χ1) is 7.41. The largest absolute Gasteiger partial charge is 0.344 e. The molecular weight excluding hydrogens is 265 g/mol. The lowest BCUT2D eigenvalue weighted by Gasteiger charge is -2.25. The molecule has 0 aromatic carbocycles. The molecule has 0 radical (unpaired) electrons. The number of hydrogen-bond acceptors (Lipinski definition) is 2. The van der Waals surface area contributed by atoms with Crippen LogP contribution in [-0.2, 0) is 0 Å². The summed E-state index contributed by atoms with van der Waals surface area (Å²) in [6.07, 6.45) is 0. The van der Waals surface area contributed by atoms with Gasteiger partial charge in [-0.2, -0.15) is 0 Å². The van der Waals surface area contributed by atoms with Gasteiger partial charge in [0, 0.05) is 16.6 Å². The fraction of sp³-hybridized carbons (Fsp3) is 0.545. The van der Waals surface area contributed by atoms with E-state index in [1.165, 1.54) is 11.3 Å². The molecule has 0 fully saturated rings. The molecule has 0 aliphatic carbocycles. The third kappa shape index (κ3) is 3.12. The van der Waals surface area contributed by atoms with Crippen molar-refractivity contribution in [2.75, 3.05) is 11.8 Å². The minimum Gasteiger partial charge on any atom is -0.344 e. The zero-order valence-electron chi connectivity index (χ0n) is 9.56. The zero-order valence-corrected chi connectivity index (χ0v) is 11.9. The molecule has 0 saturated heterocycles. The van der Waals surface area contributed by atoms with Crippen LogP contribution in [0.25, 0.3) is 0 Å². The van der Waals surface area contributed by atoms with Crippen LogP contribution in [0.15, 0.2) is 6.07 Å². The van der Waals surface area contributed by atoms with Crippen LogP contribution in [0.4, 0.5) is 0 Å². The number of thiophene rings is 1. The van der Waals surface area contributed by atoms with Crippen molar-refractivity contribution in [3.63, 3.8) is 0 Å². The van der Waals surface area contributed by atoms with Crippen molar-refractivity contribution in [3.05, 3.63) is 21.4 Å². The Kier molecular flexibility index (Phi) is 4.65. The molecule has 0 aliphatic heterocycles. The van der Waals surface area contributed by atoms with E-state index in [9.17, 15) is 4.79 Å². The van der Waals surface area contributed by atoms with Gasteiger partial charge < -0.3 is 5.32 Å². The Morgan fingerprint density at radius 2 is 2.00 bits per heavy atom. The average Bonchev–Trinajstić information content (AvgIpc) is 2.59. The van der Waals surface area contributed by atoms with Gasteiger partial charge in [0.25, 0.3) is 5.91 Å². The van der Waals surface area contributed by atoms with E-state index < -0.39 is 5.54 Å². The van der Waals surface area contributed by atoms with Crippen molar-refractivity contribution in [1.29, 1.82) is 0 Å². The second kappa shape index (κ2) is 5.39. The molecule has 1 heterocycles. The monoisotopic (exact) mass is 279 g/mol. The minimum atomic E-state index is -0.550. The second-order valence-electron chi connectivity index (χ2n) is 4.13. The van der Waals surface area contributed by atoms with Crippen molar-refractivity contribution in [1.82, 2.24) is 5.32 Å². The second-order valence-corrected chi connectivity index (χ2v) is 5.92. The quantitative estimate of drug-likeness (QED) is 0.842. The van der Waals surface area contributed by atoms with E-state index in [4.69, 9.17) is 23.2 Å². The van der Waals surface area contributed by atoms with E-state index >= 15 is 0 Å². The SMILES string of the molecule is Cc1cc(C(=O)NC(C)(CCl)CCl)sc1C. The van der Waals surface area contributed by atoms with Crippen LogP contribution >= 0.6 is 34.5 Å². The topological polar surface area (TPSA) is 29.1 Å². The first-order valence-corrected chi connectivity index (χ1v) is 6.82. The minimum absolute atomic E-state index is 0.106. The van der Waals surface area contributed by atoms with Gasteiger partial charge in [-0.3, -0.25) is 4.79 Å². The van der Waals surface area contributed by atoms with E-state index in [-0.39, 0.29) is 5.91 Å². The Morgan fingerprint density at radius 3 is 2.38 bits per heavy atom. The summed E-state index contributed by atoms with van der Waals surface area (Å²) in [6, 6.07) is 1.89. The van der Waals surface area contributed by atoms with Crippen molar-refractivity contribution in [2.45, 2.75) is 26.3 Å². The van der Waals surface area contributed by atoms with Crippen LogP contribution in [0.5, 0.6) is 0 Å². The van der Waals surface area contributed by atoms with Crippen LogP contribution in [0.1, 0.15) is 27.0 Å². The molecule has 1 amide bonds. The first kappa shape index (κ1) is 13.8. The fourth-order valence-electron chi connectivity index (χ4n) is 1.12. The predicted molar refractivity (Wildman–Crippen MR) is 71.1 cm³/mol. The van der Waals surface area contributed by atoms with E-state index in [1.54, 1.807) is 0 Å². The number of aryl methyl sites for hydroxylation is 2. The van der Waals surface area contributed by atoms with Gasteiger partial charge in [0.05, 0.1) is 10.4 Å². The summed E-state index contributed by atoms with van der Waals surface area (Å²) in [6.45, 7) is 5.82. The Hall–Kier alpha value is -0.250. The number of nitrogens with one attached hydrogen (secondary N) is 1. The van der Waals surface area contributed by atoms with Gasteiger partial charge in [-0.15, -0.1) is 34.5 Å². The van der Waals surface area contributed by atoms with Crippen LogP contribution in [0.2, 0.25) is 0 Å². The van der Waals surface area contributed by atoms with Gasteiger partial charge in [0.2, 0.25) is 0 Å². The van der Waals surface area contributed by atoms with Gasteiger partial charge >= 0.3 is 0 Å². The maximum atomic E-state index is 11.9. The van der Waals surface area contributed by atoms with Crippen LogP contribution in [-0.4, -0.2) is 23.2 Å². The number of carbonyl (C=O) groups excluding carboxylic acids is 1. The van der Waals surface area contributed by atoms with Crippen molar-refractivity contribution in [3.8, 4) is 0 Å². The smallest absolute Gasteiger partial charge is 0.261 e. The lowest BCUT2D eigenvalue weighted by atomic mass is 10.1. The summed E-state index contributed by atoms with van der Waals surface area (Å²) in [7, 11) is 0. The highest BCUT2D eigenvalue weighted by atomic mass is 35.5. The normalized spacial score (nSPS) is 11.6. The molecular formula is C11H15Cl2NOS. The number of alkyl halides is 2. The highest BCUT2D eigenvalue weighted by Crippen LogP contribution is 2.21. The predicted octanol–water partition coefficient (Wildman–Crippen LogP) is 3.33. The summed E-state index contributed by atoms with van der Waals surface area (Å²) in [5.41, 5.74) is 0.583. The van der Waals surface area contributed by atoms with E-state index in [2.05, 4.69) is 5.32 Å². The maximum Gasteiger partial charge on any atom is 0.261 e. The number of halogens is 2. The first-order valence-electron chi connectivity index (χ1n) is 4.93. The fourth-order valence-corrected chi connectivity index (χ4v) is 2.47. The van der Waals surface area contributed by atoms with Crippen molar-refractivity contribution >= 4 is 40.4 Å². The van der Waals surface area contributed by atoms with Crippen LogP contribution in [0.3, 0.4) is 0 Å². The Labute approximate surface area is 110 Å². The zero-order chi connectivity index (χ0) is 12.3. The van der Waals surface area contributed by atoms with Gasteiger partial charge in [-0.1, -0.05) is 0 Å². The van der Waals surface area contributed by atoms with Gasteiger partial charge in [-0.05, 0) is 32.4 Å². The molecule has 1 rings (SSSR count). The van der Waals surface area contributed by atoms with Gasteiger partial charge in [0.15, 0.2) is 0 Å². The molecule has 2 nitrogen and oxygen atoms in total. The van der Waals surface area contributed by atoms with E-state index in [0.29, 0.717) is 16.6 Å². The van der Waals surface area contributed by atoms with E-state index in [0.717, 1.165) is 10.4 Å². The standard InChI is InChI=1S/C11H15Cl2NOS/c1-7-4-9(16-8(7)2)10(15)14-11(3,5-12)6-13/h4H,5-6H2,1-3H3,(H,14,15). The summed E-state index contributed by atoms with van der Waals surface area (Å²) < 4.78 is 0. The summed E-state index contributed by atoms with van der Waals surface area (Å²) >= 11 is 13.0. The number of amides is 1. The van der Waals surface area contributed by atoms with Crippen molar-refractivity contribution in [2.24, 2.45) is 0 Å². The lowest BCUT2D eigenvalue weighted by molar-refractivity contribution is 0.0925. The molecule has 1 N–H and O–H groups in total. The molecule has 0 atom stereocenters. The van der Waals surface area contributed by atoms with Gasteiger partial charge in [-0.25, -0.2) is 0 Å². The molecule has 0 bridgehead atoms. The molecule has 0 spiro atoms. The number of rotatable bonds is 4. The number of hydrogen-bond donors (Lipinski definition) is 1. The molecule has 1 aromatic heterocycles. The average molecular weight is 280 g/mol. The molecule has 90 valence electrons. The maximum absolute atomic E-state index is 11.9. The molecule has 1 aromatic rings. The Bertz CT molecular complexity index is 366. The molecule has 16 heavy (non-hydrogen) atoms. The van der Waals surface area contributed by atoms with Crippen LogP contribution < -0.4 is 5.32 Å².